The van der Waals surface area contributed by atoms with E-state index in [9.17, 15) is 9.18 Å². The Bertz CT molecular complexity index is 368. The van der Waals surface area contributed by atoms with Crippen LogP contribution in [0.2, 0.25) is 0 Å². The molecular formula is C9H8BrFO2S. The van der Waals surface area contributed by atoms with Crippen LogP contribution in [0.5, 0.6) is 0 Å². The van der Waals surface area contributed by atoms with Crippen molar-refractivity contribution in [3.05, 3.63) is 28.0 Å². The van der Waals surface area contributed by atoms with Crippen LogP contribution in [0.1, 0.15) is 10.4 Å². The Morgan fingerprint density at radius 3 is 2.71 bits per heavy atom. The van der Waals surface area contributed by atoms with Gasteiger partial charge in [-0.15, -0.1) is 11.8 Å². The van der Waals surface area contributed by atoms with E-state index in [-0.39, 0.29) is 5.56 Å². The van der Waals surface area contributed by atoms with Crippen molar-refractivity contribution in [2.75, 3.05) is 13.4 Å². The minimum atomic E-state index is -0.527. The van der Waals surface area contributed by atoms with Gasteiger partial charge in [-0.1, -0.05) is 0 Å². The van der Waals surface area contributed by atoms with Crippen molar-refractivity contribution >= 4 is 33.7 Å². The second-order valence-corrected chi connectivity index (χ2v) is 4.10. The van der Waals surface area contributed by atoms with Crippen LogP contribution >= 0.6 is 27.7 Å². The molecule has 0 aliphatic carbocycles. The van der Waals surface area contributed by atoms with E-state index in [1.807, 2.05) is 0 Å². The predicted molar refractivity (Wildman–Crippen MR) is 57.2 cm³/mol. The zero-order valence-corrected chi connectivity index (χ0v) is 10.0. The first-order valence-electron chi connectivity index (χ1n) is 3.72. The van der Waals surface area contributed by atoms with Crippen LogP contribution < -0.4 is 0 Å². The fourth-order valence-electron chi connectivity index (χ4n) is 1.00. The van der Waals surface area contributed by atoms with E-state index in [4.69, 9.17) is 0 Å². The Kier molecular flexibility index (Phi) is 3.95. The van der Waals surface area contributed by atoms with E-state index in [2.05, 4.69) is 20.7 Å². The summed E-state index contributed by atoms with van der Waals surface area (Å²) >= 11 is 4.23. The van der Waals surface area contributed by atoms with Crippen LogP contribution in [-0.4, -0.2) is 19.3 Å². The van der Waals surface area contributed by atoms with Crippen molar-refractivity contribution in [1.29, 1.82) is 0 Å². The van der Waals surface area contributed by atoms with E-state index >= 15 is 0 Å². The molecular weight excluding hydrogens is 271 g/mol. The number of carbonyl (C=O) groups is 1. The van der Waals surface area contributed by atoms with Crippen LogP contribution in [0.15, 0.2) is 21.5 Å². The van der Waals surface area contributed by atoms with Crippen molar-refractivity contribution in [3.8, 4) is 0 Å². The Morgan fingerprint density at radius 2 is 2.21 bits per heavy atom. The molecule has 5 heteroatoms. The topological polar surface area (TPSA) is 26.3 Å². The van der Waals surface area contributed by atoms with Gasteiger partial charge in [-0.2, -0.15) is 0 Å². The molecule has 0 spiro atoms. The van der Waals surface area contributed by atoms with Crippen LogP contribution in [0.4, 0.5) is 4.39 Å². The average molecular weight is 279 g/mol. The summed E-state index contributed by atoms with van der Waals surface area (Å²) in [5.74, 6) is -0.957. The molecule has 0 aromatic heterocycles. The molecule has 0 heterocycles. The number of carbonyl (C=O) groups excluding carboxylic acids is 1. The first-order valence-corrected chi connectivity index (χ1v) is 5.74. The first-order chi connectivity index (χ1) is 6.61. The molecule has 0 saturated carbocycles. The maximum Gasteiger partial charge on any atom is 0.339 e. The Hall–Kier alpha value is -0.550. The number of benzene rings is 1. The summed E-state index contributed by atoms with van der Waals surface area (Å²) in [4.78, 5) is 11.5. The summed E-state index contributed by atoms with van der Waals surface area (Å²) < 4.78 is 18.4. The fraction of sp³-hybridized carbons (Fsp3) is 0.222. The average Bonchev–Trinajstić information content (AvgIpc) is 2.20. The van der Waals surface area contributed by atoms with Crippen molar-refractivity contribution in [2.45, 2.75) is 4.90 Å². The number of halogens is 2. The van der Waals surface area contributed by atoms with Gasteiger partial charge in [-0.25, -0.2) is 9.18 Å². The number of ether oxygens (including phenoxy) is 1. The normalized spacial score (nSPS) is 10.0. The maximum atomic E-state index is 13.5. The first kappa shape index (κ1) is 11.5. The molecule has 2 nitrogen and oxygen atoms in total. The van der Waals surface area contributed by atoms with Crippen molar-refractivity contribution in [3.63, 3.8) is 0 Å². The zero-order valence-electron chi connectivity index (χ0n) is 7.64. The lowest BCUT2D eigenvalue weighted by atomic mass is 10.2. The Morgan fingerprint density at radius 1 is 1.57 bits per heavy atom. The van der Waals surface area contributed by atoms with Crippen molar-refractivity contribution in [1.82, 2.24) is 0 Å². The second-order valence-electron chi connectivity index (χ2n) is 2.43. The number of hydrogen-bond donors (Lipinski definition) is 0. The molecule has 0 saturated heterocycles. The van der Waals surface area contributed by atoms with E-state index in [1.165, 1.54) is 31.0 Å². The molecule has 0 aliphatic heterocycles. The summed E-state index contributed by atoms with van der Waals surface area (Å²) in [5, 5.41) is 0. The highest BCUT2D eigenvalue weighted by Gasteiger charge is 2.16. The van der Waals surface area contributed by atoms with Crippen LogP contribution in [0, 0.1) is 5.82 Å². The molecule has 76 valence electrons. The van der Waals surface area contributed by atoms with Gasteiger partial charge in [0.2, 0.25) is 0 Å². The maximum absolute atomic E-state index is 13.5. The third-order valence-electron chi connectivity index (χ3n) is 1.66. The zero-order chi connectivity index (χ0) is 10.7. The van der Waals surface area contributed by atoms with Gasteiger partial charge in [0.05, 0.1) is 22.0 Å². The monoisotopic (exact) mass is 278 g/mol. The summed E-state index contributed by atoms with van der Waals surface area (Å²) in [6.45, 7) is 0. The van der Waals surface area contributed by atoms with Gasteiger partial charge in [-0.05, 0) is 34.3 Å². The standard InChI is InChI=1S/C9H8BrFO2S/c1-13-9(12)5-3-4-6(10)7(11)8(5)14-2/h3-4H,1-2H3. The molecule has 1 rings (SSSR count). The summed E-state index contributed by atoms with van der Waals surface area (Å²) in [6.07, 6.45) is 1.71. The van der Waals surface area contributed by atoms with Crippen LogP contribution in [-0.2, 0) is 4.74 Å². The minimum Gasteiger partial charge on any atom is -0.465 e. The van der Waals surface area contributed by atoms with Gasteiger partial charge in [0.25, 0.3) is 0 Å². The molecule has 1 aromatic carbocycles. The molecule has 0 bridgehead atoms. The predicted octanol–water partition coefficient (Wildman–Crippen LogP) is 3.10. The number of hydrogen-bond acceptors (Lipinski definition) is 3. The van der Waals surface area contributed by atoms with Gasteiger partial charge in [0, 0.05) is 0 Å². The van der Waals surface area contributed by atoms with Gasteiger partial charge < -0.3 is 4.74 Å². The number of rotatable bonds is 2. The van der Waals surface area contributed by atoms with Gasteiger partial charge >= 0.3 is 5.97 Å². The SMILES string of the molecule is COC(=O)c1ccc(Br)c(F)c1SC. The molecule has 0 aliphatic rings. The Labute approximate surface area is 94.0 Å². The largest absolute Gasteiger partial charge is 0.465 e. The third-order valence-corrected chi connectivity index (χ3v) is 3.08. The molecule has 0 N–H and O–H groups in total. The summed E-state index contributed by atoms with van der Waals surface area (Å²) in [7, 11) is 1.27. The lowest BCUT2D eigenvalue weighted by molar-refractivity contribution is 0.0595. The highest BCUT2D eigenvalue weighted by Crippen LogP contribution is 2.29. The molecule has 0 unspecified atom stereocenters. The van der Waals surface area contributed by atoms with E-state index in [0.29, 0.717) is 9.37 Å². The molecule has 0 radical (unpaired) electrons. The van der Waals surface area contributed by atoms with E-state index in [0.717, 1.165) is 0 Å². The molecule has 0 amide bonds. The van der Waals surface area contributed by atoms with Crippen molar-refractivity contribution < 1.29 is 13.9 Å². The summed E-state index contributed by atoms with van der Waals surface area (Å²) in [6, 6.07) is 3.02. The second kappa shape index (κ2) is 4.79. The Balaban J connectivity index is 3.31. The number of methoxy groups -OCH3 is 1. The highest BCUT2D eigenvalue weighted by molar-refractivity contribution is 9.10. The summed E-state index contributed by atoms with van der Waals surface area (Å²) in [5.41, 5.74) is 0.251. The van der Waals surface area contributed by atoms with Crippen LogP contribution in [0.25, 0.3) is 0 Å². The highest BCUT2D eigenvalue weighted by atomic mass is 79.9. The molecule has 0 fully saturated rings. The number of esters is 1. The lowest BCUT2D eigenvalue weighted by Crippen LogP contribution is -2.04. The molecule has 14 heavy (non-hydrogen) atoms. The molecule has 1 aromatic rings. The van der Waals surface area contributed by atoms with E-state index in [1.54, 1.807) is 6.26 Å². The van der Waals surface area contributed by atoms with Gasteiger partial charge in [-0.3, -0.25) is 0 Å². The fourth-order valence-corrected chi connectivity index (χ4v) is 2.12. The minimum absolute atomic E-state index is 0.251. The van der Waals surface area contributed by atoms with Crippen LogP contribution in [0.3, 0.4) is 0 Å². The van der Waals surface area contributed by atoms with Crippen molar-refractivity contribution in [2.24, 2.45) is 0 Å². The molecule has 0 atom stereocenters. The smallest absolute Gasteiger partial charge is 0.339 e. The lowest BCUT2D eigenvalue weighted by Gasteiger charge is -2.07. The third kappa shape index (κ3) is 2.09. The van der Waals surface area contributed by atoms with Gasteiger partial charge in [0.1, 0.15) is 0 Å². The van der Waals surface area contributed by atoms with Gasteiger partial charge in [0.15, 0.2) is 5.82 Å². The number of thioether (sulfide) groups is 1. The quantitative estimate of drug-likeness (QED) is 0.614. The van der Waals surface area contributed by atoms with E-state index < -0.39 is 11.8 Å².